The van der Waals surface area contributed by atoms with Crippen molar-refractivity contribution in [1.29, 1.82) is 0 Å². The van der Waals surface area contributed by atoms with Crippen LogP contribution in [0.1, 0.15) is 5.56 Å². The molecule has 1 unspecified atom stereocenters. The van der Waals surface area contributed by atoms with E-state index in [1.54, 1.807) is 0 Å². The monoisotopic (exact) mass is 283 g/mol. The maximum Gasteiger partial charge on any atom is 0.458 e. The summed E-state index contributed by atoms with van der Waals surface area (Å²) in [5, 5.41) is 0. The molecule has 3 nitrogen and oxygen atoms in total. The van der Waals surface area contributed by atoms with Crippen molar-refractivity contribution in [3.05, 3.63) is 23.8 Å². The Morgan fingerprint density at radius 2 is 1.89 bits per heavy atom. The summed E-state index contributed by atoms with van der Waals surface area (Å²) in [5.41, 5.74) is 4.15. The van der Waals surface area contributed by atoms with Crippen LogP contribution in [0, 0.1) is 0 Å². The summed E-state index contributed by atoms with van der Waals surface area (Å²) in [6, 6.07) is 2.53. The lowest BCUT2D eigenvalue weighted by molar-refractivity contribution is -0.289. The highest BCUT2D eigenvalue weighted by Gasteiger charge is 2.60. The van der Waals surface area contributed by atoms with Gasteiger partial charge in [-0.3, -0.25) is 0 Å². The molecule has 1 fully saturated rings. The molecule has 0 bridgehead atoms. The summed E-state index contributed by atoms with van der Waals surface area (Å²) in [4.78, 5) is 0. The van der Waals surface area contributed by atoms with Crippen LogP contribution < -0.4 is 10.5 Å². The van der Waals surface area contributed by atoms with Gasteiger partial charge in [0.05, 0.1) is 12.2 Å². The lowest BCUT2D eigenvalue weighted by Gasteiger charge is -2.22. The fraction of sp³-hybridized carbons (Fsp3) is 0.455. The van der Waals surface area contributed by atoms with E-state index in [1.165, 1.54) is 0 Å². The fourth-order valence-corrected chi connectivity index (χ4v) is 1.42. The number of nitrogens with two attached hydrogens (primary N) is 1. The van der Waals surface area contributed by atoms with E-state index in [4.69, 9.17) is 15.2 Å². The van der Waals surface area contributed by atoms with E-state index < -0.39 is 23.4 Å². The Morgan fingerprint density at radius 3 is 2.42 bits per heavy atom. The van der Waals surface area contributed by atoms with Crippen molar-refractivity contribution >= 4 is 5.69 Å². The normalized spacial score (nSPS) is 19.3. The van der Waals surface area contributed by atoms with E-state index in [0.717, 1.165) is 12.1 Å². The second-order valence-corrected chi connectivity index (χ2v) is 4.09. The van der Waals surface area contributed by atoms with Crippen molar-refractivity contribution < 1.29 is 31.4 Å². The van der Waals surface area contributed by atoms with Gasteiger partial charge in [-0.15, -0.1) is 0 Å². The zero-order valence-corrected chi connectivity index (χ0v) is 9.51. The molecule has 19 heavy (non-hydrogen) atoms. The van der Waals surface area contributed by atoms with Gasteiger partial charge >= 0.3 is 12.1 Å². The predicted molar refractivity (Wildman–Crippen MR) is 56.0 cm³/mol. The van der Waals surface area contributed by atoms with Gasteiger partial charge in [-0.25, -0.2) is 0 Å². The van der Waals surface area contributed by atoms with Crippen LogP contribution in [0.15, 0.2) is 18.2 Å². The standard InChI is InChI=1S/C11H10F5NO2/c12-10(13,11(14,15)16)8-2-1-6(17)3-9(8)19-5-7-4-18-7/h1-3,7H,4-5,17H2. The molecule has 1 atom stereocenters. The first-order valence-electron chi connectivity index (χ1n) is 5.31. The second-order valence-electron chi connectivity index (χ2n) is 4.09. The largest absolute Gasteiger partial charge is 0.490 e. The van der Waals surface area contributed by atoms with E-state index in [-0.39, 0.29) is 18.4 Å². The number of anilines is 1. The maximum atomic E-state index is 13.3. The number of halogens is 5. The first-order chi connectivity index (χ1) is 8.72. The third kappa shape index (κ3) is 2.89. The van der Waals surface area contributed by atoms with Crippen molar-refractivity contribution in [1.82, 2.24) is 0 Å². The van der Waals surface area contributed by atoms with Crippen molar-refractivity contribution in [3.63, 3.8) is 0 Å². The summed E-state index contributed by atoms with van der Waals surface area (Å²) in [7, 11) is 0. The molecule has 0 spiro atoms. The summed E-state index contributed by atoms with van der Waals surface area (Å²) in [6.07, 6.45) is -5.97. The molecular formula is C11H10F5NO2. The molecule has 1 saturated heterocycles. The van der Waals surface area contributed by atoms with Crippen molar-refractivity contribution in [2.24, 2.45) is 0 Å². The Labute approximate surface area is 105 Å². The number of alkyl halides is 5. The van der Waals surface area contributed by atoms with Crippen LogP contribution in [-0.2, 0) is 10.7 Å². The van der Waals surface area contributed by atoms with Crippen molar-refractivity contribution in [2.75, 3.05) is 18.9 Å². The number of benzene rings is 1. The molecule has 8 heteroatoms. The summed E-state index contributed by atoms with van der Waals surface area (Å²) < 4.78 is 73.4. The number of ether oxygens (including phenoxy) is 2. The number of rotatable bonds is 4. The van der Waals surface area contributed by atoms with Gasteiger partial charge in [-0.05, 0) is 12.1 Å². The van der Waals surface area contributed by atoms with Crippen LogP contribution in [0.4, 0.5) is 27.6 Å². The molecule has 0 amide bonds. The topological polar surface area (TPSA) is 47.8 Å². The van der Waals surface area contributed by atoms with Gasteiger partial charge < -0.3 is 15.2 Å². The average molecular weight is 283 g/mol. The molecule has 0 aliphatic carbocycles. The van der Waals surface area contributed by atoms with Crippen LogP contribution in [0.2, 0.25) is 0 Å². The minimum atomic E-state index is -5.70. The molecule has 1 aliphatic heterocycles. The van der Waals surface area contributed by atoms with Crippen molar-refractivity contribution in [2.45, 2.75) is 18.2 Å². The molecule has 0 saturated carbocycles. The Bertz CT molecular complexity index is 471. The molecule has 1 aromatic rings. The van der Waals surface area contributed by atoms with Crippen LogP contribution in [0.5, 0.6) is 5.75 Å². The van der Waals surface area contributed by atoms with Gasteiger partial charge in [0, 0.05) is 11.8 Å². The molecule has 1 heterocycles. The minimum absolute atomic E-state index is 0.0356. The fourth-order valence-electron chi connectivity index (χ4n) is 1.42. The summed E-state index contributed by atoms with van der Waals surface area (Å²) >= 11 is 0. The third-order valence-corrected chi connectivity index (χ3v) is 2.53. The lowest BCUT2D eigenvalue weighted by atomic mass is 10.1. The summed E-state index contributed by atoms with van der Waals surface area (Å²) in [6.45, 7) is 0.303. The van der Waals surface area contributed by atoms with Gasteiger partial charge in [0.25, 0.3) is 0 Å². The Morgan fingerprint density at radius 1 is 1.26 bits per heavy atom. The number of nitrogen functional groups attached to an aromatic ring is 1. The van der Waals surface area contributed by atoms with E-state index in [2.05, 4.69) is 0 Å². The number of hydrogen-bond donors (Lipinski definition) is 1. The SMILES string of the molecule is Nc1ccc(C(F)(F)C(F)(F)F)c(OCC2CO2)c1. The van der Waals surface area contributed by atoms with Crippen molar-refractivity contribution in [3.8, 4) is 5.75 Å². The van der Waals surface area contributed by atoms with Gasteiger partial charge in [0.1, 0.15) is 18.5 Å². The molecule has 0 radical (unpaired) electrons. The number of hydrogen-bond acceptors (Lipinski definition) is 3. The van der Waals surface area contributed by atoms with Gasteiger partial charge in [-0.2, -0.15) is 22.0 Å². The molecule has 2 N–H and O–H groups in total. The Balaban J connectivity index is 2.32. The first kappa shape index (κ1) is 13.9. The Kier molecular flexibility index (Phi) is 3.29. The molecule has 106 valence electrons. The highest BCUT2D eigenvalue weighted by Crippen LogP contribution is 2.47. The predicted octanol–water partition coefficient (Wildman–Crippen LogP) is 2.70. The Hall–Kier alpha value is -1.57. The van der Waals surface area contributed by atoms with Gasteiger partial charge in [-0.1, -0.05) is 0 Å². The maximum absolute atomic E-state index is 13.3. The van der Waals surface area contributed by atoms with E-state index in [9.17, 15) is 22.0 Å². The van der Waals surface area contributed by atoms with Crippen LogP contribution >= 0.6 is 0 Å². The minimum Gasteiger partial charge on any atom is -0.490 e. The van der Waals surface area contributed by atoms with E-state index in [0.29, 0.717) is 12.7 Å². The zero-order valence-electron chi connectivity index (χ0n) is 9.51. The highest BCUT2D eigenvalue weighted by molar-refractivity contribution is 5.50. The van der Waals surface area contributed by atoms with Crippen LogP contribution in [-0.4, -0.2) is 25.5 Å². The van der Waals surface area contributed by atoms with Crippen LogP contribution in [0.3, 0.4) is 0 Å². The molecular weight excluding hydrogens is 273 g/mol. The van der Waals surface area contributed by atoms with Crippen LogP contribution in [0.25, 0.3) is 0 Å². The van der Waals surface area contributed by atoms with E-state index in [1.807, 2.05) is 0 Å². The highest BCUT2D eigenvalue weighted by atomic mass is 19.4. The third-order valence-electron chi connectivity index (χ3n) is 2.53. The smallest absolute Gasteiger partial charge is 0.458 e. The second kappa shape index (κ2) is 4.52. The number of epoxide rings is 1. The summed E-state index contributed by atoms with van der Waals surface area (Å²) in [5.74, 6) is -5.58. The zero-order chi connectivity index (χ0) is 14.3. The molecule has 2 rings (SSSR count). The molecule has 1 aliphatic rings. The average Bonchev–Trinajstić information content (AvgIpc) is 3.08. The lowest BCUT2D eigenvalue weighted by Crippen LogP contribution is -2.34. The molecule has 1 aromatic carbocycles. The van der Waals surface area contributed by atoms with Gasteiger partial charge in [0.15, 0.2) is 0 Å². The van der Waals surface area contributed by atoms with E-state index >= 15 is 0 Å². The first-order valence-corrected chi connectivity index (χ1v) is 5.31. The quantitative estimate of drug-likeness (QED) is 0.525. The van der Waals surface area contributed by atoms with Gasteiger partial charge in [0.2, 0.25) is 0 Å². The molecule has 0 aromatic heterocycles.